The highest BCUT2D eigenvalue weighted by Gasteiger charge is 2.13. The van der Waals surface area contributed by atoms with E-state index in [2.05, 4.69) is 15.3 Å². The molecule has 0 aliphatic heterocycles. The normalized spacial score (nSPS) is 12.9. The highest BCUT2D eigenvalue weighted by molar-refractivity contribution is 5.29. The van der Waals surface area contributed by atoms with Gasteiger partial charge in [0.05, 0.1) is 18.8 Å². The molecule has 1 rings (SSSR count). The van der Waals surface area contributed by atoms with Crippen LogP contribution in [0, 0.1) is 5.92 Å². The number of ether oxygens (including phenoxy) is 1. The monoisotopic (exact) mass is 239 g/mol. The van der Waals surface area contributed by atoms with Crippen LogP contribution >= 0.6 is 0 Å². The van der Waals surface area contributed by atoms with Crippen LogP contribution in [-0.4, -0.2) is 33.8 Å². The van der Waals surface area contributed by atoms with Gasteiger partial charge in [0, 0.05) is 12.3 Å². The lowest BCUT2D eigenvalue weighted by Crippen LogP contribution is -2.30. The average molecular weight is 239 g/mol. The Balaban J connectivity index is 2.70. The lowest BCUT2D eigenvalue weighted by Gasteiger charge is -2.20. The Hall–Kier alpha value is -1.36. The van der Waals surface area contributed by atoms with E-state index in [0.29, 0.717) is 17.7 Å². The molecule has 0 radical (unpaired) electrons. The molecule has 1 unspecified atom stereocenters. The molecule has 0 aromatic carbocycles. The van der Waals surface area contributed by atoms with Gasteiger partial charge in [-0.1, -0.05) is 13.8 Å². The zero-order valence-electron chi connectivity index (χ0n) is 10.8. The highest BCUT2D eigenvalue weighted by atomic mass is 16.5. The number of aliphatic hydroxyl groups excluding tert-OH is 1. The summed E-state index contributed by atoms with van der Waals surface area (Å²) in [5.74, 6) is 1.33. The highest BCUT2D eigenvalue weighted by Crippen LogP contribution is 2.13. The first-order valence-corrected chi connectivity index (χ1v) is 5.90. The van der Waals surface area contributed by atoms with Gasteiger partial charge >= 0.3 is 0 Å². The Morgan fingerprint density at radius 2 is 2.06 bits per heavy atom. The third-order valence-electron chi connectivity index (χ3n) is 2.30. The van der Waals surface area contributed by atoms with Crippen LogP contribution in [0.25, 0.3) is 0 Å². The summed E-state index contributed by atoms with van der Waals surface area (Å²) in [7, 11) is 0. The van der Waals surface area contributed by atoms with Crippen molar-refractivity contribution in [3.8, 4) is 5.88 Å². The Morgan fingerprint density at radius 1 is 1.35 bits per heavy atom. The second kappa shape index (κ2) is 6.39. The fraction of sp³-hybridized carbons (Fsp3) is 0.667. The van der Waals surface area contributed by atoms with Crippen molar-refractivity contribution in [1.82, 2.24) is 9.97 Å². The van der Waals surface area contributed by atoms with E-state index in [1.54, 1.807) is 12.3 Å². The van der Waals surface area contributed by atoms with Crippen LogP contribution in [0.3, 0.4) is 0 Å². The first-order valence-electron chi connectivity index (χ1n) is 5.90. The molecule has 0 saturated carbocycles. The summed E-state index contributed by atoms with van der Waals surface area (Å²) < 4.78 is 5.48. The first-order chi connectivity index (χ1) is 8.02. The fourth-order valence-corrected chi connectivity index (χ4v) is 1.31. The molecular weight excluding hydrogens is 218 g/mol. The van der Waals surface area contributed by atoms with E-state index in [9.17, 15) is 5.11 Å². The van der Waals surface area contributed by atoms with E-state index in [-0.39, 0.29) is 18.8 Å². The predicted molar refractivity (Wildman–Crippen MR) is 67.1 cm³/mol. The van der Waals surface area contributed by atoms with E-state index in [0.717, 1.165) is 0 Å². The van der Waals surface area contributed by atoms with Crippen LogP contribution in [0.15, 0.2) is 12.3 Å². The van der Waals surface area contributed by atoms with Gasteiger partial charge in [-0.3, -0.25) is 0 Å². The summed E-state index contributed by atoms with van der Waals surface area (Å²) in [6, 6.07) is 1.67. The summed E-state index contributed by atoms with van der Waals surface area (Å²) in [6.07, 6.45) is 1.72. The molecule has 0 aliphatic carbocycles. The number of anilines is 1. The van der Waals surface area contributed by atoms with Crippen LogP contribution < -0.4 is 10.1 Å². The minimum absolute atomic E-state index is 0.0516. The largest absolute Gasteiger partial charge is 0.475 e. The second-order valence-corrected chi connectivity index (χ2v) is 4.56. The molecule has 1 heterocycles. The van der Waals surface area contributed by atoms with Gasteiger partial charge in [0.15, 0.2) is 0 Å². The van der Waals surface area contributed by atoms with E-state index in [1.807, 2.05) is 27.7 Å². The SMILES string of the molecule is CC(C)Oc1ccnc(NC(CO)C(C)C)n1. The predicted octanol–water partition coefficient (Wildman–Crippen LogP) is 1.69. The minimum Gasteiger partial charge on any atom is -0.475 e. The zero-order valence-corrected chi connectivity index (χ0v) is 10.8. The van der Waals surface area contributed by atoms with E-state index in [4.69, 9.17) is 4.74 Å². The molecule has 5 nitrogen and oxygen atoms in total. The van der Waals surface area contributed by atoms with Crippen LogP contribution in [0.5, 0.6) is 5.88 Å². The maximum absolute atomic E-state index is 9.22. The zero-order chi connectivity index (χ0) is 12.8. The molecule has 5 heteroatoms. The Morgan fingerprint density at radius 3 is 2.59 bits per heavy atom. The Bertz CT molecular complexity index is 342. The van der Waals surface area contributed by atoms with Crippen molar-refractivity contribution in [1.29, 1.82) is 0 Å². The lowest BCUT2D eigenvalue weighted by atomic mass is 10.1. The van der Waals surface area contributed by atoms with Crippen LogP contribution in [0.4, 0.5) is 5.95 Å². The second-order valence-electron chi connectivity index (χ2n) is 4.56. The molecule has 0 spiro atoms. The van der Waals surface area contributed by atoms with Crippen LogP contribution in [0.1, 0.15) is 27.7 Å². The van der Waals surface area contributed by atoms with Crippen molar-refractivity contribution >= 4 is 5.95 Å². The van der Waals surface area contributed by atoms with Crippen molar-refractivity contribution in [2.24, 2.45) is 5.92 Å². The summed E-state index contributed by atoms with van der Waals surface area (Å²) in [6.45, 7) is 8.00. The molecule has 0 aliphatic rings. The van der Waals surface area contributed by atoms with Crippen molar-refractivity contribution < 1.29 is 9.84 Å². The topological polar surface area (TPSA) is 67.3 Å². The van der Waals surface area contributed by atoms with Gasteiger partial charge in [0.25, 0.3) is 0 Å². The molecule has 2 N–H and O–H groups in total. The standard InChI is InChI=1S/C12H21N3O2/c1-8(2)10(7-16)14-12-13-6-5-11(15-12)17-9(3)4/h5-6,8-10,16H,7H2,1-4H3,(H,13,14,15). The molecule has 1 aromatic heterocycles. The molecule has 0 saturated heterocycles. The van der Waals surface area contributed by atoms with Crippen molar-refractivity contribution in [3.63, 3.8) is 0 Å². The number of hydrogen-bond donors (Lipinski definition) is 2. The number of nitrogens with zero attached hydrogens (tertiary/aromatic N) is 2. The lowest BCUT2D eigenvalue weighted by molar-refractivity contribution is 0.231. The van der Waals surface area contributed by atoms with Crippen molar-refractivity contribution in [2.45, 2.75) is 39.8 Å². The third kappa shape index (κ3) is 4.56. The third-order valence-corrected chi connectivity index (χ3v) is 2.30. The maximum Gasteiger partial charge on any atom is 0.226 e. The van der Waals surface area contributed by atoms with E-state index < -0.39 is 0 Å². The summed E-state index contributed by atoms with van der Waals surface area (Å²) in [5.41, 5.74) is 0. The maximum atomic E-state index is 9.22. The Labute approximate surface area is 102 Å². The smallest absolute Gasteiger partial charge is 0.226 e. The molecule has 17 heavy (non-hydrogen) atoms. The number of rotatable bonds is 6. The molecule has 0 amide bonds. The van der Waals surface area contributed by atoms with Gasteiger partial charge in [0.2, 0.25) is 11.8 Å². The van der Waals surface area contributed by atoms with Crippen LogP contribution in [0.2, 0.25) is 0 Å². The number of aliphatic hydroxyl groups is 1. The molecule has 96 valence electrons. The van der Waals surface area contributed by atoms with Gasteiger partial charge in [-0.05, 0) is 19.8 Å². The van der Waals surface area contributed by atoms with E-state index >= 15 is 0 Å². The summed E-state index contributed by atoms with van der Waals surface area (Å²) in [4.78, 5) is 8.33. The quantitative estimate of drug-likeness (QED) is 0.790. The van der Waals surface area contributed by atoms with Gasteiger partial charge < -0.3 is 15.2 Å². The summed E-state index contributed by atoms with van der Waals surface area (Å²) >= 11 is 0. The number of nitrogens with one attached hydrogen (secondary N) is 1. The summed E-state index contributed by atoms with van der Waals surface area (Å²) in [5, 5.41) is 12.3. The molecule has 0 fully saturated rings. The first kappa shape index (κ1) is 13.7. The molecular formula is C12H21N3O2. The number of aromatic nitrogens is 2. The fourth-order valence-electron chi connectivity index (χ4n) is 1.31. The van der Waals surface area contributed by atoms with Crippen LogP contribution in [-0.2, 0) is 0 Å². The van der Waals surface area contributed by atoms with Gasteiger partial charge in [-0.25, -0.2) is 4.98 Å². The van der Waals surface area contributed by atoms with Gasteiger partial charge in [-0.15, -0.1) is 0 Å². The average Bonchev–Trinajstić information content (AvgIpc) is 2.25. The van der Waals surface area contributed by atoms with Gasteiger partial charge in [-0.2, -0.15) is 4.98 Å². The molecule has 1 atom stereocenters. The van der Waals surface area contributed by atoms with Crippen molar-refractivity contribution in [3.05, 3.63) is 12.3 Å². The van der Waals surface area contributed by atoms with E-state index in [1.165, 1.54) is 0 Å². The molecule has 1 aromatic rings. The van der Waals surface area contributed by atoms with Gasteiger partial charge in [0.1, 0.15) is 0 Å². The number of hydrogen-bond acceptors (Lipinski definition) is 5. The minimum atomic E-state index is -0.0516. The Kier molecular flexibility index (Phi) is 5.15. The van der Waals surface area contributed by atoms with Crippen molar-refractivity contribution in [2.75, 3.05) is 11.9 Å². The molecule has 0 bridgehead atoms.